The molecule has 2 aromatic heterocycles. The Bertz CT molecular complexity index is 382. The Hall–Kier alpha value is -1.44. The maximum atomic E-state index is 4.18. The second kappa shape index (κ2) is 2.31. The van der Waals surface area contributed by atoms with Crippen molar-refractivity contribution in [1.82, 2.24) is 9.97 Å². The van der Waals surface area contributed by atoms with Crippen molar-refractivity contribution in [1.29, 1.82) is 0 Å². The van der Waals surface area contributed by atoms with Gasteiger partial charge in [-0.25, -0.2) is 0 Å². The molecule has 0 spiro atoms. The van der Waals surface area contributed by atoms with Crippen LogP contribution >= 0.6 is 0 Å². The molecule has 2 aromatic rings. The first kappa shape index (κ1) is 6.28. The zero-order valence-electron chi connectivity index (χ0n) is 6.28. The summed E-state index contributed by atoms with van der Waals surface area (Å²) in [6, 6.07) is 3.99. The Morgan fingerprint density at radius 1 is 1.18 bits per heavy atom. The smallest absolute Gasteiger partial charge is 0.0379 e. The van der Waals surface area contributed by atoms with Gasteiger partial charge in [0.05, 0.1) is 0 Å². The van der Waals surface area contributed by atoms with Crippen LogP contribution in [-0.4, -0.2) is 9.97 Å². The molecular formula is C9H8N2. The maximum Gasteiger partial charge on any atom is 0.0379 e. The Labute approximate surface area is 64.9 Å². The first-order chi connectivity index (χ1) is 5.36. The molecule has 2 rings (SSSR count). The van der Waals surface area contributed by atoms with Crippen LogP contribution in [0.2, 0.25) is 0 Å². The fourth-order valence-electron chi connectivity index (χ4n) is 1.09. The Morgan fingerprint density at radius 2 is 2.09 bits per heavy atom. The highest BCUT2D eigenvalue weighted by Gasteiger charge is 1.91. The zero-order valence-corrected chi connectivity index (χ0v) is 6.28. The summed E-state index contributed by atoms with van der Waals surface area (Å²) in [5.74, 6) is 0. The second-order valence-corrected chi connectivity index (χ2v) is 2.55. The standard InChI is InChI=1S/C9H8N2/c1-7-4-9-5-10-3-2-8(9)6-11-7/h2-6H,1H3. The Kier molecular flexibility index (Phi) is 1.32. The van der Waals surface area contributed by atoms with Crippen LogP contribution in [0.1, 0.15) is 5.69 Å². The summed E-state index contributed by atoms with van der Waals surface area (Å²) in [5, 5.41) is 2.30. The molecule has 0 fully saturated rings. The number of pyridine rings is 2. The van der Waals surface area contributed by atoms with Gasteiger partial charge in [0.15, 0.2) is 0 Å². The van der Waals surface area contributed by atoms with Crippen molar-refractivity contribution < 1.29 is 0 Å². The molecule has 2 heterocycles. The summed E-state index contributed by atoms with van der Waals surface area (Å²) in [7, 11) is 0. The van der Waals surface area contributed by atoms with Crippen molar-refractivity contribution in [2.45, 2.75) is 6.92 Å². The maximum absolute atomic E-state index is 4.18. The molecule has 0 bridgehead atoms. The van der Waals surface area contributed by atoms with Crippen LogP contribution in [0.3, 0.4) is 0 Å². The third-order valence-corrected chi connectivity index (χ3v) is 1.66. The molecule has 0 N–H and O–H groups in total. The summed E-state index contributed by atoms with van der Waals surface area (Å²) in [6.45, 7) is 1.98. The van der Waals surface area contributed by atoms with E-state index >= 15 is 0 Å². The number of aryl methyl sites for hydroxylation is 1. The van der Waals surface area contributed by atoms with Crippen molar-refractivity contribution in [2.75, 3.05) is 0 Å². The molecule has 0 radical (unpaired) electrons. The first-order valence-corrected chi connectivity index (χ1v) is 3.52. The minimum absolute atomic E-state index is 1.03. The van der Waals surface area contributed by atoms with Crippen LogP contribution in [0.25, 0.3) is 10.8 Å². The van der Waals surface area contributed by atoms with Crippen molar-refractivity contribution in [3.05, 3.63) is 36.4 Å². The van der Waals surface area contributed by atoms with Gasteiger partial charge in [-0.05, 0) is 19.1 Å². The van der Waals surface area contributed by atoms with E-state index in [1.807, 2.05) is 31.5 Å². The third kappa shape index (κ3) is 1.07. The van der Waals surface area contributed by atoms with Crippen LogP contribution in [0.4, 0.5) is 0 Å². The molecule has 0 saturated heterocycles. The molecule has 2 nitrogen and oxygen atoms in total. The third-order valence-electron chi connectivity index (χ3n) is 1.66. The fourth-order valence-corrected chi connectivity index (χ4v) is 1.09. The molecule has 0 aromatic carbocycles. The highest BCUT2D eigenvalue weighted by Crippen LogP contribution is 2.10. The number of nitrogens with zero attached hydrogens (tertiary/aromatic N) is 2. The predicted octanol–water partition coefficient (Wildman–Crippen LogP) is 1.94. The average Bonchev–Trinajstić information content (AvgIpc) is 2.04. The van der Waals surface area contributed by atoms with E-state index in [1.165, 1.54) is 0 Å². The number of hydrogen-bond acceptors (Lipinski definition) is 2. The van der Waals surface area contributed by atoms with Crippen LogP contribution in [0.5, 0.6) is 0 Å². The van der Waals surface area contributed by atoms with Crippen molar-refractivity contribution in [3.8, 4) is 0 Å². The van der Waals surface area contributed by atoms with Crippen molar-refractivity contribution >= 4 is 10.8 Å². The highest BCUT2D eigenvalue weighted by atomic mass is 14.7. The lowest BCUT2D eigenvalue weighted by atomic mass is 10.2. The lowest BCUT2D eigenvalue weighted by Gasteiger charge is -1.95. The Balaban J connectivity index is 2.83. The fraction of sp³-hybridized carbons (Fsp3) is 0.111. The molecule has 0 saturated carbocycles. The van der Waals surface area contributed by atoms with Gasteiger partial charge in [-0.2, -0.15) is 0 Å². The SMILES string of the molecule is Cc1cc2cnccc2cn1. The van der Waals surface area contributed by atoms with Gasteiger partial charge in [-0.15, -0.1) is 0 Å². The minimum Gasteiger partial charge on any atom is -0.264 e. The van der Waals surface area contributed by atoms with E-state index in [4.69, 9.17) is 0 Å². The summed E-state index contributed by atoms with van der Waals surface area (Å²) in [5.41, 5.74) is 1.03. The molecule has 54 valence electrons. The topological polar surface area (TPSA) is 25.8 Å². The zero-order chi connectivity index (χ0) is 7.68. The van der Waals surface area contributed by atoms with Gasteiger partial charge in [-0.1, -0.05) is 0 Å². The first-order valence-electron chi connectivity index (χ1n) is 3.52. The van der Waals surface area contributed by atoms with Gasteiger partial charge in [0.25, 0.3) is 0 Å². The van der Waals surface area contributed by atoms with Crippen LogP contribution in [0.15, 0.2) is 30.7 Å². The highest BCUT2D eigenvalue weighted by molar-refractivity contribution is 5.80. The van der Waals surface area contributed by atoms with E-state index in [-0.39, 0.29) is 0 Å². The van der Waals surface area contributed by atoms with Crippen LogP contribution in [-0.2, 0) is 0 Å². The van der Waals surface area contributed by atoms with Gasteiger partial charge < -0.3 is 0 Å². The van der Waals surface area contributed by atoms with Gasteiger partial charge in [0, 0.05) is 35.1 Å². The van der Waals surface area contributed by atoms with E-state index in [1.54, 1.807) is 6.20 Å². The second-order valence-electron chi connectivity index (χ2n) is 2.55. The van der Waals surface area contributed by atoms with Gasteiger partial charge >= 0.3 is 0 Å². The van der Waals surface area contributed by atoms with E-state index < -0.39 is 0 Å². The average molecular weight is 144 g/mol. The van der Waals surface area contributed by atoms with Gasteiger partial charge in [0.1, 0.15) is 0 Å². The lowest BCUT2D eigenvalue weighted by molar-refractivity contribution is 1.22. The van der Waals surface area contributed by atoms with Crippen LogP contribution in [0, 0.1) is 6.92 Å². The van der Waals surface area contributed by atoms with Gasteiger partial charge in [-0.3, -0.25) is 9.97 Å². The summed E-state index contributed by atoms with van der Waals surface area (Å²) >= 11 is 0. The molecule has 0 amide bonds. The minimum atomic E-state index is 1.03. The lowest BCUT2D eigenvalue weighted by Crippen LogP contribution is -1.81. The number of hydrogen-bond donors (Lipinski definition) is 0. The normalized spacial score (nSPS) is 10.3. The quantitative estimate of drug-likeness (QED) is 0.564. The molecular weight excluding hydrogens is 136 g/mol. The van der Waals surface area contributed by atoms with Crippen LogP contribution < -0.4 is 0 Å². The molecule has 0 unspecified atom stereocenters. The molecule has 11 heavy (non-hydrogen) atoms. The van der Waals surface area contributed by atoms with E-state index in [0.717, 1.165) is 16.5 Å². The van der Waals surface area contributed by atoms with Crippen molar-refractivity contribution in [3.63, 3.8) is 0 Å². The summed E-state index contributed by atoms with van der Waals surface area (Å²) < 4.78 is 0. The van der Waals surface area contributed by atoms with E-state index in [9.17, 15) is 0 Å². The molecule has 2 heteroatoms. The predicted molar refractivity (Wildman–Crippen MR) is 44.3 cm³/mol. The van der Waals surface area contributed by atoms with E-state index in [2.05, 4.69) is 9.97 Å². The van der Waals surface area contributed by atoms with Crippen molar-refractivity contribution in [2.24, 2.45) is 0 Å². The monoisotopic (exact) mass is 144 g/mol. The largest absolute Gasteiger partial charge is 0.264 e. The number of fused-ring (bicyclic) bond motifs is 1. The van der Waals surface area contributed by atoms with E-state index in [0.29, 0.717) is 0 Å². The summed E-state index contributed by atoms with van der Waals surface area (Å²) in [6.07, 6.45) is 5.50. The molecule has 0 aliphatic heterocycles. The van der Waals surface area contributed by atoms with Gasteiger partial charge in [0.2, 0.25) is 0 Å². The number of aromatic nitrogens is 2. The Morgan fingerprint density at radius 3 is 3.00 bits per heavy atom. The molecule has 0 aliphatic rings. The number of rotatable bonds is 0. The molecule has 0 aliphatic carbocycles. The summed E-state index contributed by atoms with van der Waals surface area (Å²) in [4.78, 5) is 8.21. The molecule has 0 atom stereocenters.